The Labute approximate surface area is 175 Å². The van der Waals surface area contributed by atoms with Crippen molar-refractivity contribution in [2.24, 2.45) is 5.92 Å². The van der Waals surface area contributed by atoms with E-state index in [-0.39, 0.29) is 17.9 Å². The lowest BCUT2D eigenvalue weighted by Gasteiger charge is -2.36. The van der Waals surface area contributed by atoms with Crippen molar-refractivity contribution in [1.82, 2.24) is 4.90 Å². The predicted octanol–water partition coefficient (Wildman–Crippen LogP) is 4.53. The number of nitrogens with zero attached hydrogens (tertiary/aromatic N) is 2. The molecule has 2 aromatic carbocycles. The quantitative estimate of drug-likeness (QED) is 0.756. The minimum Gasteiger partial charge on any atom is -0.495 e. The van der Waals surface area contributed by atoms with Crippen LogP contribution in [-0.4, -0.2) is 37.0 Å². The number of methoxy groups -OCH3 is 1. The molecule has 0 unspecified atom stereocenters. The highest BCUT2D eigenvalue weighted by Gasteiger charge is 2.31. The van der Waals surface area contributed by atoms with Crippen LogP contribution in [0.4, 0.5) is 16.2 Å². The number of benzene rings is 2. The molecule has 2 aliphatic rings. The monoisotopic (exact) mass is 413 g/mol. The molecule has 1 N–H and O–H groups in total. The number of carbonyl (C=O) groups excluding carboxylic acids is 2. The molecule has 0 aromatic heterocycles. The van der Waals surface area contributed by atoms with Crippen molar-refractivity contribution in [3.63, 3.8) is 0 Å². The molecule has 0 spiro atoms. The van der Waals surface area contributed by atoms with Gasteiger partial charge in [-0.1, -0.05) is 23.7 Å². The molecular weight excluding hydrogens is 390 g/mol. The summed E-state index contributed by atoms with van der Waals surface area (Å²) in [6, 6.07) is 12.9. The first-order valence-electron chi connectivity index (χ1n) is 9.85. The van der Waals surface area contributed by atoms with Gasteiger partial charge in [0.2, 0.25) is 5.91 Å². The molecule has 152 valence electrons. The first kappa shape index (κ1) is 19.6. The largest absolute Gasteiger partial charge is 0.495 e. The Hall–Kier alpha value is -2.73. The van der Waals surface area contributed by atoms with E-state index in [1.54, 1.807) is 24.1 Å². The van der Waals surface area contributed by atoms with E-state index in [0.717, 1.165) is 24.8 Å². The topological polar surface area (TPSA) is 61.9 Å². The Bertz CT molecular complexity index is 929. The summed E-state index contributed by atoms with van der Waals surface area (Å²) in [6.45, 7) is 1.78. The van der Waals surface area contributed by atoms with E-state index in [0.29, 0.717) is 41.8 Å². The fraction of sp³-hybridized carbons (Fsp3) is 0.364. The number of amides is 3. The van der Waals surface area contributed by atoms with Crippen molar-refractivity contribution < 1.29 is 14.3 Å². The highest BCUT2D eigenvalue weighted by Crippen LogP contribution is 2.35. The second kappa shape index (κ2) is 8.33. The number of hydrogen-bond donors (Lipinski definition) is 1. The van der Waals surface area contributed by atoms with Crippen LogP contribution < -0.4 is 15.0 Å². The standard InChI is InChI=1S/C22H24ClN3O3/c1-29-20-9-8-18(24-21(27)16-6-7-16)13-19(20)26-11-3-10-25(22(26)28)14-15-4-2-5-17(23)12-15/h2,4-5,8-9,12-13,16H,3,6-7,10-11,14H2,1H3,(H,24,27). The molecule has 3 amide bonds. The van der Waals surface area contributed by atoms with Gasteiger partial charge in [-0.3, -0.25) is 9.69 Å². The number of nitrogens with one attached hydrogen (secondary N) is 1. The molecule has 0 bridgehead atoms. The van der Waals surface area contributed by atoms with Crippen molar-refractivity contribution in [3.05, 3.63) is 53.1 Å². The number of urea groups is 1. The van der Waals surface area contributed by atoms with E-state index in [2.05, 4.69) is 5.32 Å². The second-order valence-electron chi connectivity index (χ2n) is 7.49. The number of rotatable bonds is 6. The number of halogens is 1. The van der Waals surface area contributed by atoms with E-state index >= 15 is 0 Å². The maximum absolute atomic E-state index is 13.2. The van der Waals surface area contributed by atoms with Gasteiger partial charge in [-0.15, -0.1) is 0 Å². The van der Waals surface area contributed by atoms with Crippen LogP contribution in [0.2, 0.25) is 5.02 Å². The third kappa shape index (κ3) is 4.48. The van der Waals surface area contributed by atoms with Crippen LogP contribution in [0.25, 0.3) is 0 Å². The van der Waals surface area contributed by atoms with Gasteiger partial charge >= 0.3 is 6.03 Å². The average Bonchev–Trinajstić information content (AvgIpc) is 3.55. The highest BCUT2D eigenvalue weighted by atomic mass is 35.5. The molecule has 2 fully saturated rings. The lowest BCUT2D eigenvalue weighted by atomic mass is 10.1. The highest BCUT2D eigenvalue weighted by molar-refractivity contribution is 6.30. The zero-order valence-electron chi connectivity index (χ0n) is 16.4. The Kier molecular flexibility index (Phi) is 5.62. The van der Waals surface area contributed by atoms with E-state index in [1.807, 2.05) is 35.2 Å². The maximum Gasteiger partial charge on any atom is 0.324 e. The van der Waals surface area contributed by atoms with Crippen LogP contribution in [-0.2, 0) is 11.3 Å². The smallest absolute Gasteiger partial charge is 0.324 e. The van der Waals surface area contributed by atoms with Crippen LogP contribution in [0, 0.1) is 5.92 Å². The van der Waals surface area contributed by atoms with Crippen LogP contribution in [0.3, 0.4) is 0 Å². The van der Waals surface area contributed by atoms with Crippen molar-refractivity contribution in [2.75, 3.05) is 30.4 Å². The van der Waals surface area contributed by atoms with Gasteiger partial charge in [0.15, 0.2) is 0 Å². The average molecular weight is 414 g/mol. The first-order valence-corrected chi connectivity index (χ1v) is 10.2. The van der Waals surface area contributed by atoms with Gasteiger partial charge in [0, 0.05) is 36.3 Å². The Morgan fingerprint density at radius 2 is 2.03 bits per heavy atom. The number of hydrogen-bond acceptors (Lipinski definition) is 3. The minimum atomic E-state index is -0.0832. The van der Waals surface area contributed by atoms with E-state index < -0.39 is 0 Å². The fourth-order valence-electron chi connectivity index (χ4n) is 3.58. The zero-order chi connectivity index (χ0) is 20.4. The fourth-order valence-corrected chi connectivity index (χ4v) is 3.79. The van der Waals surface area contributed by atoms with E-state index in [9.17, 15) is 9.59 Å². The molecule has 1 saturated carbocycles. The molecule has 1 aliphatic heterocycles. The second-order valence-corrected chi connectivity index (χ2v) is 7.93. The molecule has 7 heteroatoms. The van der Waals surface area contributed by atoms with Crippen LogP contribution in [0.1, 0.15) is 24.8 Å². The molecule has 2 aromatic rings. The molecule has 6 nitrogen and oxygen atoms in total. The molecule has 1 aliphatic carbocycles. The first-order chi connectivity index (χ1) is 14.0. The molecule has 1 heterocycles. The number of carbonyl (C=O) groups is 2. The van der Waals surface area contributed by atoms with Crippen molar-refractivity contribution in [3.8, 4) is 5.75 Å². The zero-order valence-corrected chi connectivity index (χ0v) is 17.1. The predicted molar refractivity (Wildman–Crippen MR) is 114 cm³/mol. The van der Waals surface area contributed by atoms with Gasteiger partial charge in [-0.25, -0.2) is 4.79 Å². The summed E-state index contributed by atoms with van der Waals surface area (Å²) in [5.74, 6) is 0.756. The summed E-state index contributed by atoms with van der Waals surface area (Å²) in [5, 5.41) is 3.60. The van der Waals surface area contributed by atoms with E-state index in [1.165, 1.54) is 0 Å². The van der Waals surface area contributed by atoms with Crippen LogP contribution >= 0.6 is 11.6 Å². The lowest BCUT2D eigenvalue weighted by Crippen LogP contribution is -2.49. The van der Waals surface area contributed by atoms with Gasteiger partial charge in [0.05, 0.1) is 12.8 Å². The molecule has 29 heavy (non-hydrogen) atoms. The van der Waals surface area contributed by atoms with Gasteiger partial charge in [0.1, 0.15) is 5.75 Å². The molecule has 4 rings (SSSR count). The summed E-state index contributed by atoms with van der Waals surface area (Å²) < 4.78 is 5.49. The summed E-state index contributed by atoms with van der Waals surface area (Å²) in [7, 11) is 1.58. The molecular formula is C22H24ClN3O3. The van der Waals surface area contributed by atoms with Gasteiger partial charge < -0.3 is 15.0 Å². The van der Waals surface area contributed by atoms with E-state index in [4.69, 9.17) is 16.3 Å². The van der Waals surface area contributed by atoms with Gasteiger partial charge in [-0.2, -0.15) is 0 Å². The summed E-state index contributed by atoms with van der Waals surface area (Å²) in [4.78, 5) is 28.9. The molecule has 1 saturated heterocycles. The normalized spacial score (nSPS) is 16.7. The van der Waals surface area contributed by atoms with Crippen molar-refractivity contribution >= 4 is 34.9 Å². The summed E-state index contributed by atoms with van der Waals surface area (Å²) in [6.07, 6.45) is 2.73. The lowest BCUT2D eigenvalue weighted by molar-refractivity contribution is -0.117. The summed E-state index contributed by atoms with van der Waals surface area (Å²) >= 11 is 6.08. The van der Waals surface area contributed by atoms with Gasteiger partial charge in [-0.05, 0) is 55.2 Å². The number of ether oxygens (including phenoxy) is 1. The molecule has 0 atom stereocenters. The van der Waals surface area contributed by atoms with Crippen LogP contribution in [0.15, 0.2) is 42.5 Å². The Morgan fingerprint density at radius 1 is 1.21 bits per heavy atom. The third-order valence-corrected chi connectivity index (χ3v) is 5.49. The SMILES string of the molecule is COc1ccc(NC(=O)C2CC2)cc1N1CCCN(Cc2cccc(Cl)c2)C1=O. The minimum absolute atomic E-state index is 0.0358. The number of anilines is 2. The van der Waals surface area contributed by atoms with Crippen LogP contribution in [0.5, 0.6) is 5.75 Å². The Balaban J connectivity index is 1.55. The summed E-state index contributed by atoms with van der Waals surface area (Å²) in [5.41, 5.74) is 2.34. The third-order valence-electron chi connectivity index (χ3n) is 5.26. The Morgan fingerprint density at radius 3 is 2.76 bits per heavy atom. The maximum atomic E-state index is 13.2. The van der Waals surface area contributed by atoms with Crippen molar-refractivity contribution in [1.29, 1.82) is 0 Å². The van der Waals surface area contributed by atoms with Gasteiger partial charge in [0.25, 0.3) is 0 Å². The molecule has 0 radical (unpaired) electrons. The van der Waals surface area contributed by atoms with Crippen molar-refractivity contribution in [2.45, 2.75) is 25.8 Å².